The molecule has 0 bridgehead atoms. The van der Waals surface area contributed by atoms with Gasteiger partial charge in [0.25, 0.3) is 0 Å². The van der Waals surface area contributed by atoms with Gasteiger partial charge in [0.15, 0.2) is 0 Å². The molecule has 1 aromatic heterocycles. The van der Waals surface area contributed by atoms with Gasteiger partial charge >= 0.3 is 12.0 Å². The molecule has 5 nitrogen and oxygen atoms in total. The van der Waals surface area contributed by atoms with Crippen molar-refractivity contribution in [3.63, 3.8) is 0 Å². The number of nitrogens with one attached hydrogen (secondary N) is 2. The highest BCUT2D eigenvalue weighted by molar-refractivity contribution is 7.14. The van der Waals surface area contributed by atoms with Crippen molar-refractivity contribution < 1.29 is 14.7 Å². The molecule has 0 saturated carbocycles. The largest absolute Gasteiger partial charge is 0.478 e. The number of urea groups is 1. The highest BCUT2D eigenvalue weighted by atomic mass is 32.1. The van der Waals surface area contributed by atoms with Gasteiger partial charge in [-0.25, -0.2) is 9.59 Å². The fraction of sp³-hybridized carbons (Fsp3) is 0.200. The molecule has 0 saturated heterocycles. The number of thiophene rings is 1. The van der Waals surface area contributed by atoms with Crippen molar-refractivity contribution in [2.45, 2.75) is 19.9 Å². The van der Waals surface area contributed by atoms with Crippen LogP contribution < -0.4 is 10.6 Å². The lowest BCUT2D eigenvalue weighted by Gasteiger charge is -2.15. The first-order valence-corrected chi connectivity index (χ1v) is 7.30. The molecular weight excluding hydrogens is 288 g/mol. The summed E-state index contributed by atoms with van der Waals surface area (Å²) in [5.41, 5.74) is 2.21. The number of carbonyl (C=O) groups excluding carboxylic acids is 1. The number of anilines is 1. The maximum Gasteiger partial charge on any atom is 0.338 e. The Hall–Kier alpha value is -2.34. The Morgan fingerprint density at radius 2 is 2.05 bits per heavy atom. The van der Waals surface area contributed by atoms with E-state index in [2.05, 4.69) is 10.6 Å². The molecule has 1 aromatic carbocycles. The molecule has 2 aromatic rings. The number of hydrogen-bond acceptors (Lipinski definition) is 3. The van der Waals surface area contributed by atoms with Crippen molar-refractivity contribution in [3.05, 3.63) is 52.4 Å². The number of rotatable bonds is 4. The highest BCUT2D eigenvalue weighted by Crippen LogP contribution is 2.23. The minimum atomic E-state index is -1.06. The van der Waals surface area contributed by atoms with E-state index in [9.17, 15) is 9.59 Å². The van der Waals surface area contributed by atoms with Crippen molar-refractivity contribution in [2.75, 3.05) is 5.32 Å². The van der Waals surface area contributed by atoms with Gasteiger partial charge in [-0.05, 0) is 30.9 Å². The lowest BCUT2D eigenvalue weighted by atomic mass is 10.1. The van der Waals surface area contributed by atoms with Gasteiger partial charge in [-0.1, -0.05) is 29.8 Å². The number of aryl methyl sites for hydroxylation is 1. The van der Waals surface area contributed by atoms with Crippen LogP contribution in [0.2, 0.25) is 0 Å². The van der Waals surface area contributed by atoms with Gasteiger partial charge in [0.2, 0.25) is 0 Å². The van der Waals surface area contributed by atoms with Crippen LogP contribution in [0.3, 0.4) is 0 Å². The van der Waals surface area contributed by atoms with Gasteiger partial charge in [0.1, 0.15) is 5.00 Å². The van der Waals surface area contributed by atoms with Crippen LogP contribution in [0.4, 0.5) is 9.80 Å². The summed E-state index contributed by atoms with van der Waals surface area (Å²) in [7, 11) is 0. The van der Waals surface area contributed by atoms with Crippen LogP contribution in [0.15, 0.2) is 35.7 Å². The van der Waals surface area contributed by atoms with Crippen molar-refractivity contribution in [2.24, 2.45) is 0 Å². The normalized spacial score (nSPS) is 11.7. The molecular formula is C15H16N2O3S. The second-order valence-corrected chi connectivity index (χ2v) is 5.62. The first kappa shape index (κ1) is 15.1. The Bertz CT molecular complexity index is 666. The number of aromatic carboxylic acids is 1. The van der Waals surface area contributed by atoms with E-state index in [4.69, 9.17) is 5.11 Å². The molecule has 0 radical (unpaired) electrons. The molecule has 1 heterocycles. The SMILES string of the molecule is Cc1cccc([C@@H](C)NC(=O)Nc2sccc2C(=O)O)c1. The van der Waals surface area contributed by atoms with Gasteiger partial charge in [0, 0.05) is 0 Å². The minimum Gasteiger partial charge on any atom is -0.478 e. The highest BCUT2D eigenvalue weighted by Gasteiger charge is 2.15. The van der Waals surface area contributed by atoms with E-state index in [1.54, 1.807) is 5.38 Å². The summed E-state index contributed by atoms with van der Waals surface area (Å²) in [6, 6.07) is 8.73. The monoisotopic (exact) mass is 304 g/mol. The van der Waals surface area contributed by atoms with E-state index in [1.165, 1.54) is 17.4 Å². The molecule has 110 valence electrons. The van der Waals surface area contributed by atoms with E-state index in [-0.39, 0.29) is 11.6 Å². The van der Waals surface area contributed by atoms with E-state index in [0.717, 1.165) is 11.1 Å². The molecule has 21 heavy (non-hydrogen) atoms. The summed E-state index contributed by atoms with van der Waals surface area (Å²) < 4.78 is 0. The number of benzene rings is 1. The van der Waals surface area contributed by atoms with Crippen LogP contribution in [-0.2, 0) is 0 Å². The number of carboxylic acids is 1. The van der Waals surface area contributed by atoms with Crippen molar-refractivity contribution in [1.82, 2.24) is 5.32 Å². The first-order valence-electron chi connectivity index (χ1n) is 6.42. The smallest absolute Gasteiger partial charge is 0.338 e. The number of carboxylic acid groups (broad SMARTS) is 1. The third-order valence-electron chi connectivity index (χ3n) is 3.01. The van der Waals surface area contributed by atoms with Gasteiger partial charge in [0.05, 0.1) is 11.6 Å². The predicted octanol–water partition coefficient (Wildman–Crippen LogP) is 3.64. The summed E-state index contributed by atoms with van der Waals surface area (Å²) in [6.45, 7) is 3.86. The molecule has 0 aliphatic heterocycles. The van der Waals surface area contributed by atoms with Crippen LogP contribution in [0, 0.1) is 6.92 Å². The van der Waals surface area contributed by atoms with Gasteiger partial charge in [-0.3, -0.25) is 5.32 Å². The molecule has 2 amide bonds. The van der Waals surface area contributed by atoms with Crippen LogP contribution >= 0.6 is 11.3 Å². The van der Waals surface area contributed by atoms with E-state index >= 15 is 0 Å². The Kier molecular flexibility index (Phi) is 4.59. The van der Waals surface area contributed by atoms with Crippen LogP contribution in [0.1, 0.15) is 34.5 Å². The molecule has 0 fully saturated rings. The van der Waals surface area contributed by atoms with Crippen molar-refractivity contribution in [1.29, 1.82) is 0 Å². The molecule has 0 aliphatic carbocycles. The maximum atomic E-state index is 11.9. The molecule has 6 heteroatoms. The second kappa shape index (κ2) is 6.41. The zero-order valence-corrected chi connectivity index (χ0v) is 12.5. The van der Waals surface area contributed by atoms with Gasteiger partial charge in [-0.2, -0.15) is 0 Å². The molecule has 0 unspecified atom stereocenters. The Morgan fingerprint density at radius 1 is 1.29 bits per heavy atom. The Labute approximate surface area is 126 Å². The second-order valence-electron chi connectivity index (χ2n) is 4.70. The number of hydrogen-bond donors (Lipinski definition) is 3. The molecule has 3 N–H and O–H groups in total. The summed E-state index contributed by atoms with van der Waals surface area (Å²) in [4.78, 5) is 22.9. The number of carbonyl (C=O) groups is 2. The summed E-state index contributed by atoms with van der Waals surface area (Å²) in [5, 5.41) is 16.3. The zero-order valence-electron chi connectivity index (χ0n) is 11.7. The third kappa shape index (κ3) is 3.82. The van der Waals surface area contributed by atoms with Crippen LogP contribution in [0.25, 0.3) is 0 Å². The maximum absolute atomic E-state index is 11.9. The zero-order chi connectivity index (χ0) is 15.4. The first-order chi connectivity index (χ1) is 9.97. The Morgan fingerprint density at radius 3 is 2.71 bits per heavy atom. The van der Waals surface area contributed by atoms with Crippen molar-refractivity contribution in [3.8, 4) is 0 Å². The van der Waals surface area contributed by atoms with E-state index in [1.807, 2.05) is 38.1 Å². The molecule has 0 aliphatic rings. The molecule has 2 rings (SSSR count). The summed E-state index contributed by atoms with van der Waals surface area (Å²) in [5.74, 6) is -1.06. The van der Waals surface area contributed by atoms with Gasteiger partial charge in [-0.15, -0.1) is 11.3 Å². The van der Waals surface area contributed by atoms with E-state index < -0.39 is 12.0 Å². The van der Waals surface area contributed by atoms with Crippen molar-refractivity contribution >= 4 is 28.3 Å². The summed E-state index contributed by atoms with van der Waals surface area (Å²) in [6.07, 6.45) is 0. The fourth-order valence-electron chi connectivity index (χ4n) is 1.93. The quantitative estimate of drug-likeness (QED) is 0.807. The predicted molar refractivity (Wildman–Crippen MR) is 83.0 cm³/mol. The fourth-order valence-corrected chi connectivity index (χ4v) is 2.71. The lowest BCUT2D eigenvalue weighted by Crippen LogP contribution is -2.31. The van der Waals surface area contributed by atoms with Crippen LogP contribution in [-0.4, -0.2) is 17.1 Å². The standard InChI is InChI=1S/C15H16N2O3S/c1-9-4-3-5-11(8-9)10(2)16-15(20)17-13-12(14(18)19)6-7-21-13/h3-8,10H,1-2H3,(H,18,19)(H2,16,17,20)/t10-/m1/s1. The summed E-state index contributed by atoms with van der Waals surface area (Å²) >= 11 is 1.18. The average molecular weight is 304 g/mol. The van der Waals surface area contributed by atoms with E-state index in [0.29, 0.717) is 5.00 Å². The number of amides is 2. The average Bonchev–Trinajstić information content (AvgIpc) is 2.86. The molecule has 0 spiro atoms. The topological polar surface area (TPSA) is 78.4 Å². The van der Waals surface area contributed by atoms with Gasteiger partial charge < -0.3 is 10.4 Å². The third-order valence-corrected chi connectivity index (χ3v) is 3.84. The minimum absolute atomic E-state index is 0.0957. The molecule has 1 atom stereocenters. The Balaban J connectivity index is 2.01. The lowest BCUT2D eigenvalue weighted by molar-refractivity contribution is 0.0698. The van der Waals surface area contributed by atoms with Crippen LogP contribution in [0.5, 0.6) is 0 Å².